The molecule has 0 aliphatic heterocycles. The molecule has 1 aromatic heterocycles. The first kappa shape index (κ1) is 9.42. The van der Waals surface area contributed by atoms with Gasteiger partial charge in [0.05, 0.1) is 15.3 Å². The molecule has 6 heteroatoms. The Hall–Kier alpha value is -1.14. The summed E-state index contributed by atoms with van der Waals surface area (Å²) in [6, 6.07) is 2.98. The van der Waals surface area contributed by atoms with Gasteiger partial charge in [-0.25, -0.2) is 0 Å². The van der Waals surface area contributed by atoms with E-state index in [1.165, 1.54) is 23.5 Å². The van der Waals surface area contributed by atoms with Crippen LogP contribution in [0.1, 0.15) is 0 Å². The van der Waals surface area contributed by atoms with Crippen molar-refractivity contribution in [2.24, 2.45) is 0 Å². The molecule has 0 atom stereocenters. The first-order valence-electron chi connectivity index (χ1n) is 3.70. The molecule has 0 saturated carbocycles. The summed E-state index contributed by atoms with van der Waals surface area (Å²) in [7, 11) is 0. The van der Waals surface area contributed by atoms with Crippen LogP contribution in [0.15, 0.2) is 22.0 Å². The minimum absolute atomic E-state index is 0.0504. The summed E-state index contributed by atoms with van der Waals surface area (Å²) in [5, 5.41) is 13.1. The number of nitrogens with two attached hydrogens (primary N) is 1. The fourth-order valence-electron chi connectivity index (χ4n) is 1.20. The number of nitro benzene ring substituents is 1. The van der Waals surface area contributed by atoms with Crippen molar-refractivity contribution in [1.82, 2.24) is 0 Å². The summed E-state index contributed by atoms with van der Waals surface area (Å²) < 4.78 is 1.65. The van der Waals surface area contributed by atoms with Crippen molar-refractivity contribution in [3.05, 3.63) is 32.1 Å². The maximum atomic E-state index is 10.6. The molecule has 0 aliphatic rings. The highest BCUT2D eigenvalue weighted by atomic mass is 79.9. The predicted octanol–water partition coefficient (Wildman–Crippen LogP) is 3.15. The van der Waals surface area contributed by atoms with Crippen LogP contribution in [0.3, 0.4) is 0 Å². The zero-order valence-electron chi connectivity index (χ0n) is 6.86. The van der Waals surface area contributed by atoms with E-state index in [-0.39, 0.29) is 5.69 Å². The van der Waals surface area contributed by atoms with Gasteiger partial charge in [0.1, 0.15) is 0 Å². The Labute approximate surface area is 91.6 Å². The topological polar surface area (TPSA) is 69.2 Å². The molecule has 0 amide bonds. The number of thiophene rings is 1. The van der Waals surface area contributed by atoms with Crippen molar-refractivity contribution in [3.63, 3.8) is 0 Å². The Bertz CT molecular complexity index is 523. The summed E-state index contributed by atoms with van der Waals surface area (Å²) in [6.07, 6.45) is 0. The molecule has 2 rings (SSSR count). The van der Waals surface area contributed by atoms with Crippen LogP contribution in [0.25, 0.3) is 10.1 Å². The smallest absolute Gasteiger partial charge is 0.271 e. The van der Waals surface area contributed by atoms with Gasteiger partial charge < -0.3 is 5.73 Å². The average molecular weight is 273 g/mol. The van der Waals surface area contributed by atoms with Gasteiger partial charge in [-0.3, -0.25) is 10.1 Å². The number of halogens is 1. The SMILES string of the molecule is Nc1csc2c(Br)cc([N+](=O)[O-])cc12. The molecule has 2 aromatic rings. The largest absolute Gasteiger partial charge is 0.398 e. The maximum Gasteiger partial charge on any atom is 0.271 e. The highest BCUT2D eigenvalue weighted by Gasteiger charge is 2.12. The lowest BCUT2D eigenvalue weighted by Gasteiger charge is -1.96. The van der Waals surface area contributed by atoms with Gasteiger partial charge in [0, 0.05) is 27.4 Å². The van der Waals surface area contributed by atoms with Crippen LogP contribution in [0, 0.1) is 10.1 Å². The predicted molar refractivity (Wildman–Crippen MR) is 60.6 cm³/mol. The summed E-state index contributed by atoms with van der Waals surface area (Å²) >= 11 is 4.75. The molecule has 0 fully saturated rings. The van der Waals surface area contributed by atoms with Gasteiger partial charge >= 0.3 is 0 Å². The summed E-state index contributed by atoms with van der Waals surface area (Å²) in [5.74, 6) is 0. The molecule has 4 nitrogen and oxygen atoms in total. The van der Waals surface area contributed by atoms with Gasteiger partial charge in [-0.15, -0.1) is 11.3 Å². The van der Waals surface area contributed by atoms with E-state index >= 15 is 0 Å². The second-order valence-corrected chi connectivity index (χ2v) is 4.49. The van der Waals surface area contributed by atoms with Crippen molar-refractivity contribution >= 4 is 48.7 Å². The zero-order valence-corrected chi connectivity index (χ0v) is 9.26. The molecule has 14 heavy (non-hydrogen) atoms. The van der Waals surface area contributed by atoms with E-state index in [1.807, 2.05) is 0 Å². The normalized spacial score (nSPS) is 10.6. The monoisotopic (exact) mass is 272 g/mol. The lowest BCUT2D eigenvalue weighted by atomic mass is 10.2. The molecule has 1 aromatic carbocycles. The number of rotatable bonds is 1. The number of hydrogen-bond acceptors (Lipinski definition) is 4. The van der Waals surface area contributed by atoms with Crippen molar-refractivity contribution in [1.29, 1.82) is 0 Å². The fraction of sp³-hybridized carbons (Fsp3) is 0. The summed E-state index contributed by atoms with van der Waals surface area (Å²) in [5.41, 5.74) is 6.31. The Morgan fingerprint density at radius 3 is 2.86 bits per heavy atom. The van der Waals surface area contributed by atoms with Crippen LogP contribution in [0.2, 0.25) is 0 Å². The Balaban J connectivity index is 2.82. The van der Waals surface area contributed by atoms with E-state index in [4.69, 9.17) is 5.73 Å². The van der Waals surface area contributed by atoms with Crippen LogP contribution in [-0.2, 0) is 0 Å². The Kier molecular flexibility index (Phi) is 2.16. The van der Waals surface area contributed by atoms with Crippen molar-refractivity contribution in [3.8, 4) is 0 Å². The third-order valence-electron chi connectivity index (χ3n) is 1.85. The Morgan fingerprint density at radius 2 is 2.21 bits per heavy atom. The molecular weight excluding hydrogens is 268 g/mol. The summed E-state index contributed by atoms with van der Waals surface area (Å²) in [4.78, 5) is 10.1. The highest BCUT2D eigenvalue weighted by Crippen LogP contribution is 2.36. The minimum atomic E-state index is -0.429. The second kappa shape index (κ2) is 3.21. The number of fused-ring (bicyclic) bond motifs is 1. The first-order chi connectivity index (χ1) is 6.59. The maximum absolute atomic E-state index is 10.6. The molecule has 0 unspecified atom stereocenters. The molecule has 0 aliphatic carbocycles. The van der Waals surface area contributed by atoms with Gasteiger partial charge in [-0.05, 0) is 15.9 Å². The molecule has 2 N–H and O–H groups in total. The zero-order chi connectivity index (χ0) is 10.3. The van der Waals surface area contributed by atoms with E-state index in [0.29, 0.717) is 10.2 Å². The van der Waals surface area contributed by atoms with Gasteiger partial charge in [-0.1, -0.05) is 0 Å². The molecule has 72 valence electrons. The highest BCUT2D eigenvalue weighted by molar-refractivity contribution is 9.10. The number of non-ortho nitro benzene ring substituents is 1. The van der Waals surface area contributed by atoms with E-state index in [0.717, 1.165) is 10.1 Å². The third kappa shape index (κ3) is 1.36. The quantitative estimate of drug-likeness (QED) is 0.641. The second-order valence-electron chi connectivity index (χ2n) is 2.75. The molecule has 0 radical (unpaired) electrons. The molecular formula is C8H5BrN2O2S. The Morgan fingerprint density at radius 1 is 1.50 bits per heavy atom. The van der Waals surface area contributed by atoms with Crippen molar-refractivity contribution < 1.29 is 4.92 Å². The fourth-order valence-corrected chi connectivity index (χ4v) is 2.78. The van der Waals surface area contributed by atoms with Crippen molar-refractivity contribution in [2.75, 3.05) is 5.73 Å². The third-order valence-corrected chi connectivity index (χ3v) is 3.79. The van der Waals surface area contributed by atoms with E-state index < -0.39 is 4.92 Å². The molecule has 0 bridgehead atoms. The van der Waals surface area contributed by atoms with E-state index in [1.54, 1.807) is 5.38 Å². The van der Waals surface area contributed by atoms with E-state index in [9.17, 15) is 10.1 Å². The molecule has 1 heterocycles. The summed E-state index contributed by atoms with van der Waals surface area (Å²) in [6.45, 7) is 0. The number of benzene rings is 1. The van der Waals surface area contributed by atoms with Gasteiger partial charge in [0.2, 0.25) is 0 Å². The number of hydrogen-bond donors (Lipinski definition) is 1. The lowest BCUT2D eigenvalue weighted by Crippen LogP contribution is -1.88. The van der Waals surface area contributed by atoms with Gasteiger partial charge in [0.15, 0.2) is 0 Å². The number of nitrogens with zero attached hydrogens (tertiary/aromatic N) is 1. The van der Waals surface area contributed by atoms with Crippen LogP contribution in [0.5, 0.6) is 0 Å². The molecule has 0 spiro atoms. The lowest BCUT2D eigenvalue weighted by molar-refractivity contribution is -0.384. The number of nitrogen functional groups attached to an aromatic ring is 1. The number of anilines is 1. The first-order valence-corrected chi connectivity index (χ1v) is 5.37. The van der Waals surface area contributed by atoms with Gasteiger partial charge in [-0.2, -0.15) is 0 Å². The minimum Gasteiger partial charge on any atom is -0.398 e. The van der Waals surface area contributed by atoms with Crippen LogP contribution >= 0.6 is 27.3 Å². The number of nitro groups is 1. The van der Waals surface area contributed by atoms with Crippen molar-refractivity contribution in [2.45, 2.75) is 0 Å². The average Bonchev–Trinajstić information content (AvgIpc) is 2.48. The molecule has 0 saturated heterocycles. The van der Waals surface area contributed by atoms with Gasteiger partial charge in [0.25, 0.3) is 5.69 Å². The van der Waals surface area contributed by atoms with Crippen LogP contribution in [0.4, 0.5) is 11.4 Å². The van der Waals surface area contributed by atoms with Crippen LogP contribution in [-0.4, -0.2) is 4.92 Å². The van der Waals surface area contributed by atoms with E-state index in [2.05, 4.69) is 15.9 Å². The standard InChI is InChI=1S/C8H5BrN2O2S/c9-6-2-4(11(12)13)1-5-7(10)3-14-8(5)6/h1-3H,10H2. The van der Waals surface area contributed by atoms with Crippen LogP contribution < -0.4 is 5.73 Å².